The zero-order chi connectivity index (χ0) is 8.88. The lowest BCUT2D eigenvalue weighted by atomic mass is 10.2. The van der Waals surface area contributed by atoms with Gasteiger partial charge in [-0.1, -0.05) is 0 Å². The normalized spacial score (nSPS) is 42.3. The molecule has 2 aliphatic rings. The minimum Gasteiger partial charge on any atom is -0.598 e. The van der Waals surface area contributed by atoms with Gasteiger partial charge < -0.3 is 9.66 Å². The van der Waals surface area contributed by atoms with Crippen LogP contribution in [-0.4, -0.2) is 38.3 Å². The summed E-state index contributed by atoms with van der Waals surface area (Å²) in [4.78, 5) is 10.6. The Morgan fingerprint density at radius 3 is 2.50 bits per heavy atom. The highest BCUT2D eigenvalue weighted by Crippen LogP contribution is 2.48. The van der Waals surface area contributed by atoms with Crippen molar-refractivity contribution in [1.29, 1.82) is 0 Å². The van der Waals surface area contributed by atoms with Crippen LogP contribution in [-0.2, 0) is 16.2 Å². The molecular weight excluding hydrogens is 178 g/mol. The van der Waals surface area contributed by atoms with Crippen LogP contribution in [0.25, 0.3) is 0 Å². The van der Waals surface area contributed by atoms with E-state index in [9.17, 15) is 9.35 Å². The molecule has 1 saturated heterocycles. The van der Waals surface area contributed by atoms with E-state index in [-0.39, 0.29) is 6.04 Å². The molecule has 1 saturated carbocycles. The molecule has 0 amide bonds. The quantitative estimate of drug-likeness (QED) is 0.494. The molecule has 1 N–H and O–H groups in total. The third-order valence-corrected chi connectivity index (χ3v) is 3.52. The lowest BCUT2D eigenvalue weighted by Crippen LogP contribution is -2.17. The first-order valence-corrected chi connectivity index (χ1v) is 5.49. The molecule has 1 heterocycles. The molecule has 1 aliphatic heterocycles. The van der Waals surface area contributed by atoms with Crippen LogP contribution in [0.2, 0.25) is 0 Å². The van der Waals surface area contributed by atoms with Gasteiger partial charge in [-0.2, -0.15) is 0 Å². The number of carboxylic acids is 1. The number of nitrogens with zero attached hydrogens (tertiary/aromatic N) is 1. The average Bonchev–Trinajstić information content (AvgIpc) is 2.81. The third kappa shape index (κ3) is 1.22. The van der Waals surface area contributed by atoms with E-state index in [1.165, 1.54) is 0 Å². The van der Waals surface area contributed by atoms with Crippen LogP contribution >= 0.6 is 0 Å². The molecular formula is C7H11NO3S. The molecule has 2 fully saturated rings. The van der Waals surface area contributed by atoms with Gasteiger partial charge in [0.05, 0.1) is 6.04 Å². The van der Waals surface area contributed by atoms with Gasteiger partial charge in [-0.15, -0.1) is 4.31 Å². The van der Waals surface area contributed by atoms with E-state index in [4.69, 9.17) is 5.11 Å². The van der Waals surface area contributed by atoms with Crippen molar-refractivity contribution < 1.29 is 14.5 Å². The predicted octanol–water partition coefficient (Wildman–Crippen LogP) is -0.173. The smallest absolute Gasteiger partial charge is 0.327 e. The number of rotatable bonds is 3. The number of hydrogen-bond acceptors (Lipinski definition) is 3. The maximum absolute atomic E-state index is 11.0. The van der Waals surface area contributed by atoms with Gasteiger partial charge in [0.2, 0.25) is 0 Å². The minimum absolute atomic E-state index is 0.0633. The summed E-state index contributed by atoms with van der Waals surface area (Å²) in [6, 6.07) is -0.406. The van der Waals surface area contributed by atoms with E-state index >= 15 is 0 Å². The SMILES string of the molecule is C[S@@+]([O-])N1[C@H](C2CC2)[C@@H]1C(=O)O. The molecule has 0 aromatic carbocycles. The first-order valence-electron chi connectivity index (χ1n) is 3.97. The van der Waals surface area contributed by atoms with Crippen LogP contribution in [0, 0.1) is 5.92 Å². The highest BCUT2D eigenvalue weighted by molar-refractivity contribution is 7.88. The zero-order valence-electron chi connectivity index (χ0n) is 6.77. The van der Waals surface area contributed by atoms with Crippen LogP contribution in [0.4, 0.5) is 0 Å². The molecule has 0 aromatic heterocycles. The summed E-state index contributed by atoms with van der Waals surface area (Å²) in [6.45, 7) is 0. The summed E-state index contributed by atoms with van der Waals surface area (Å²) >= 11 is -1.11. The summed E-state index contributed by atoms with van der Waals surface area (Å²) in [5.74, 6) is -0.336. The Morgan fingerprint density at radius 1 is 1.67 bits per heavy atom. The fourth-order valence-corrected chi connectivity index (χ4v) is 2.83. The predicted molar refractivity (Wildman–Crippen MR) is 43.8 cm³/mol. The topological polar surface area (TPSA) is 63.4 Å². The van der Waals surface area contributed by atoms with Crippen molar-refractivity contribution in [1.82, 2.24) is 4.31 Å². The number of carboxylic acid groups (broad SMARTS) is 1. The molecule has 68 valence electrons. The average molecular weight is 189 g/mol. The molecule has 0 aromatic rings. The fraction of sp³-hybridized carbons (Fsp3) is 0.857. The Bertz CT molecular complexity index is 209. The highest BCUT2D eigenvalue weighted by Gasteiger charge is 2.65. The summed E-state index contributed by atoms with van der Waals surface area (Å²) in [5.41, 5.74) is 0. The van der Waals surface area contributed by atoms with Gasteiger partial charge in [-0.25, -0.2) is 0 Å². The zero-order valence-corrected chi connectivity index (χ0v) is 7.58. The monoisotopic (exact) mass is 189 g/mol. The van der Waals surface area contributed by atoms with Crippen molar-refractivity contribution in [3.8, 4) is 0 Å². The Morgan fingerprint density at radius 2 is 2.25 bits per heavy atom. The fourth-order valence-electron chi connectivity index (χ4n) is 1.72. The van der Waals surface area contributed by atoms with Gasteiger partial charge >= 0.3 is 5.97 Å². The van der Waals surface area contributed by atoms with Crippen LogP contribution < -0.4 is 0 Å². The second-order valence-corrected chi connectivity index (χ2v) is 4.66. The van der Waals surface area contributed by atoms with Crippen molar-refractivity contribution in [2.45, 2.75) is 24.9 Å². The maximum atomic E-state index is 11.0. The lowest BCUT2D eigenvalue weighted by Gasteiger charge is -2.03. The molecule has 0 bridgehead atoms. The standard InChI is InChI=1S/C7H11NO3S/c1-12(11)8-5(4-2-3-4)6(8)7(9)10/h4-6H,2-3H2,1H3,(H,9,10)/t5-,6-,8?,12-/m1/s1. The summed E-state index contributed by atoms with van der Waals surface area (Å²) in [6.07, 6.45) is 3.74. The van der Waals surface area contributed by atoms with Gasteiger partial charge in [-0.05, 0) is 18.8 Å². The van der Waals surface area contributed by atoms with Crippen molar-refractivity contribution in [3.05, 3.63) is 0 Å². The van der Waals surface area contributed by atoms with Crippen molar-refractivity contribution >= 4 is 17.3 Å². The van der Waals surface area contributed by atoms with E-state index in [1.807, 2.05) is 0 Å². The van der Waals surface area contributed by atoms with Crippen molar-refractivity contribution in [2.75, 3.05) is 6.26 Å². The molecule has 5 heteroatoms. The molecule has 12 heavy (non-hydrogen) atoms. The van der Waals surface area contributed by atoms with Crippen molar-refractivity contribution in [2.24, 2.45) is 5.92 Å². The Labute approximate surface area is 73.9 Å². The van der Waals surface area contributed by atoms with Gasteiger partial charge in [-0.3, -0.25) is 4.79 Å². The first-order chi connectivity index (χ1) is 5.63. The van der Waals surface area contributed by atoms with Crippen LogP contribution in [0.1, 0.15) is 12.8 Å². The second-order valence-electron chi connectivity index (χ2n) is 3.39. The first kappa shape index (κ1) is 8.34. The Hall–Kier alpha value is -0.260. The highest BCUT2D eigenvalue weighted by atomic mass is 32.2. The largest absolute Gasteiger partial charge is 0.598 e. The summed E-state index contributed by atoms with van der Waals surface area (Å²) in [5, 5.41) is 8.74. The Balaban J connectivity index is 2.00. The molecule has 0 spiro atoms. The molecule has 0 radical (unpaired) electrons. The van der Waals surface area contributed by atoms with Gasteiger partial charge in [0.1, 0.15) is 6.26 Å². The molecule has 1 aliphatic carbocycles. The number of hydrogen-bond donors (Lipinski definition) is 1. The summed E-state index contributed by atoms with van der Waals surface area (Å²) in [7, 11) is 0. The minimum atomic E-state index is -1.11. The summed E-state index contributed by atoms with van der Waals surface area (Å²) < 4.78 is 12.6. The van der Waals surface area contributed by atoms with E-state index < -0.39 is 23.4 Å². The van der Waals surface area contributed by atoms with E-state index in [0.29, 0.717) is 5.92 Å². The molecule has 4 nitrogen and oxygen atoms in total. The van der Waals surface area contributed by atoms with Crippen LogP contribution in [0.3, 0.4) is 0 Å². The Kier molecular flexibility index (Phi) is 1.82. The number of carbonyl (C=O) groups is 1. The maximum Gasteiger partial charge on any atom is 0.327 e. The lowest BCUT2D eigenvalue weighted by molar-refractivity contribution is -0.137. The third-order valence-electron chi connectivity index (χ3n) is 2.46. The van der Waals surface area contributed by atoms with Crippen LogP contribution in [0.5, 0.6) is 0 Å². The van der Waals surface area contributed by atoms with Gasteiger partial charge in [0, 0.05) is 11.4 Å². The molecule has 2 rings (SSSR count). The van der Waals surface area contributed by atoms with Gasteiger partial charge in [0.15, 0.2) is 6.04 Å². The van der Waals surface area contributed by atoms with Crippen LogP contribution in [0.15, 0.2) is 0 Å². The number of aliphatic carboxylic acids is 1. The van der Waals surface area contributed by atoms with E-state index in [1.54, 1.807) is 10.6 Å². The van der Waals surface area contributed by atoms with Gasteiger partial charge in [0.25, 0.3) is 0 Å². The second kappa shape index (κ2) is 2.61. The van der Waals surface area contributed by atoms with Crippen molar-refractivity contribution in [3.63, 3.8) is 0 Å². The van der Waals surface area contributed by atoms with E-state index in [2.05, 4.69) is 0 Å². The van der Waals surface area contributed by atoms with E-state index in [0.717, 1.165) is 12.8 Å². The molecule has 1 unspecified atom stereocenters. The molecule has 4 atom stereocenters.